The number of nitrogens with one attached hydrogen (secondary N) is 2. The maximum Gasteiger partial charge on any atom is 0.146 e. The fourth-order valence-corrected chi connectivity index (χ4v) is 1.86. The zero-order chi connectivity index (χ0) is 14.1. The van der Waals surface area contributed by atoms with Crippen LogP contribution in [-0.2, 0) is 0 Å². The molecule has 0 spiro atoms. The Kier molecular flexibility index (Phi) is 3.19. The molecule has 1 aromatic heterocycles. The zero-order valence-electron chi connectivity index (χ0n) is 10.5. The van der Waals surface area contributed by atoms with Crippen molar-refractivity contribution in [3.8, 4) is 0 Å². The van der Waals surface area contributed by atoms with Gasteiger partial charge in [-0.1, -0.05) is 0 Å². The van der Waals surface area contributed by atoms with Crippen molar-refractivity contribution in [2.45, 2.75) is 18.8 Å². The van der Waals surface area contributed by atoms with Crippen LogP contribution in [0.1, 0.15) is 24.6 Å². The number of aromatic nitrogens is 2. The minimum atomic E-state index is -0.555. The van der Waals surface area contributed by atoms with E-state index in [1.165, 1.54) is 6.07 Å². The molecule has 0 aliphatic heterocycles. The molecule has 104 valence electrons. The lowest BCUT2D eigenvalue weighted by Crippen LogP contribution is -2.11. The maximum absolute atomic E-state index is 13.6. The molecule has 0 radical (unpaired) electrons. The molecule has 0 saturated heterocycles. The van der Waals surface area contributed by atoms with E-state index in [2.05, 4.69) is 20.7 Å². The average molecular weight is 277 g/mol. The Labute approximate surface area is 114 Å². The van der Waals surface area contributed by atoms with Gasteiger partial charge in [0.05, 0.1) is 5.69 Å². The van der Waals surface area contributed by atoms with E-state index < -0.39 is 11.6 Å². The van der Waals surface area contributed by atoms with Crippen molar-refractivity contribution in [3.05, 3.63) is 41.7 Å². The molecule has 2 aromatic rings. The summed E-state index contributed by atoms with van der Waals surface area (Å²) < 4.78 is 26.7. The second-order valence-corrected chi connectivity index (χ2v) is 4.66. The summed E-state index contributed by atoms with van der Waals surface area (Å²) in [5, 5.41) is 2.75. The molecule has 4 N–H and O–H groups in total. The molecular formula is C13H13F2N5. The minimum Gasteiger partial charge on any atom is -0.338 e. The van der Waals surface area contributed by atoms with Gasteiger partial charge >= 0.3 is 0 Å². The summed E-state index contributed by atoms with van der Waals surface area (Å²) in [6.07, 6.45) is 2.06. The molecule has 1 aromatic carbocycles. The first-order valence-electron chi connectivity index (χ1n) is 6.23. The topological polar surface area (TPSA) is 75.9 Å². The van der Waals surface area contributed by atoms with Crippen LogP contribution in [0.5, 0.6) is 0 Å². The molecule has 0 bridgehead atoms. The summed E-state index contributed by atoms with van der Waals surface area (Å²) in [5.41, 5.74) is 2.46. The molecule has 0 amide bonds. The molecule has 3 rings (SSSR count). The van der Waals surface area contributed by atoms with Crippen molar-refractivity contribution >= 4 is 17.3 Å². The highest BCUT2D eigenvalue weighted by atomic mass is 19.1. The summed E-state index contributed by atoms with van der Waals surface area (Å²) in [7, 11) is 0. The molecule has 1 aliphatic carbocycles. The van der Waals surface area contributed by atoms with Crippen LogP contribution >= 0.6 is 0 Å². The number of nitrogen functional groups attached to an aromatic ring is 1. The van der Waals surface area contributed by atoms with E-state index in [9.17, 15) is 8.78 Å². The van der Waals surface area contributed by atoms with Crippen LogP contribution in [0, 0.1) is 11.6 Å². The Morgan fingerprint density at radius 1 is 1.10 bits per heavy atom. The molecule has 5 nitrogen and oxygen atoms in total. The summed E-state index contributed by atoms with van der Waals surface area (Å²) in [6, 6.07) is 4.73. The van der Waals surface area contributed by atoms with Gasteiger partial charge in [-0.05, 0) is 25.0 Å². The van der Waals surface area contributed by atoms with Crippen LogP contribution in [-0.4, -0.2) is 9.97 Å². The van der Waals surface area contributed by atoms with Crippen molar-refractivity contribution in [2.75, 3.05) is 10.7 Å². The van der Waals surface area contributed by atoms with Gasteiger partial charge in [0, 0.05) is 18.1 Å². The number of hydrazine groups is 1. The number of halogens is 2. The molecule has 1 heterocycles. The van der Waals surface area contributed by atoms with Gasteiger partial charge in [0.1, 0.15) is 29.1 Å². The number of anilines is 3. The first kappa shape index (κ1) is 12.7. The van der Waals surface area contributed by atoms with Gasteiger partial charge in [0.25, 0.3) is 0 Å². The van der Waals surface area contributed by atoms with Crippen molar-refractivity contribution in [1.82, 2.24) is 9.97 Å². The van der Waals surface area contributed by atoms with Crippen LogP contribution in [0.2, 0.25) is 0 Å². The second-order valence-electron chi connectivity index (χ2n) is 4.66. The normalized spacial score (nSPS) is 14.2. The van der Waals surface area contributed by atoms with Gasteiger partial charge < -0.3 is 10.7 Å². The third kappa shape index (κ3) is 2.67. The van der Waals surface area contributed by atoms with Crippen molar-refractivity contribution in [1.29, 1.82) is 0 Å². The van der Waals surface area contributed by atoms with Crippen LogP contribution in [0.15, 0.2) is 24.3 Å². The van der Waals surface area contributed by atoms with Gasteiger partial charge in [-0.25, -0.2) is 24.6 Å². The number of benzene rings is 1. The Morgan fingerprint density at radius 3 is 2.55 bits per heavy atom. The minimum absolute atomic E-state index is 0.0217. The highest BCUT2D eigenvalue weighted by molar-refractivity contribution is 5.59. The van der Waals surface area contributed by atoms with E-state index in [0.717, 1.165) is 31.0 Å². The van der Waals surface area contributed by atoms with E-state index in [0.29, 0.717) is 23.4 Å². The lowest BCUT2D eigenvalue weighted by Gasteiger charge is -2.10. The Morgan fingerprint density at radius 2 is 1.85 bits per heavy atom. The van der Waals surface area contributed by atoms with E-state index in [-0.39, 0.29) is 5.69 Å². The Balaban J connectivity index is 1.93. The van der Waals surface area contributed by atoms with Gasteiger partial charge in [-0.15, -0.1) is 0 Å². The predicted octanol–water partition coefficient (Wildman–Crippen LogP) is 2.66. The molecule has 7 heteroatoms. The zero-order valence-corrected chi connectivity index (χ0v) is 10.5. The van der Waals surface area contributed by atoms with Gasteiger partial charge in [0.2, 0.25) is 0 Å². The van der Waals surface area contributed by atoms with E-state index in [1.807, 2.05) is 0 Å². The lowest BCUT2D eigenvalue weighted by molar-refractivity contribution is 0.603. The number of nitrogens with two attached hydrogens (primary N) is 1. The van der Waals surface area contributed by atoms with E-state index >= 15 is 0 Å². The summed E-state index contributed by atoms with van der Waals surface area (Å²) in [6.45, 7) is 0. The van der Waals surface area contributed by atoms with Crippen LogP contribution in [0.25, 0.3) is 0 Å². The Bertz CT molecular complexity index is 643. The van der Waals surface area contributed by atoms with Gasteiger partial charge in [0.15, 0.2) is 0 Å². The summed E-state index contributed by atoms with van der Waals surface area (Å²) in [5.74, 6) is 6.05. The predicted molar refractivity (Wildman–Crippen MR) is 71.5 cm³/mol. The number of nitrogens with zero attached hydrogens (tertiary/aromatic N) is 2. The number of rotatable bonds is 4. The second kappa shape index (κ2) is 5.01. The third-order valence-electron chi connectivity index (χ3n) is 3.02. The molecular weight excluding hydrogens is 264 g/mol. The van der Waals surface area contributed by atoms with Gasteiger partial charge in [-0.2, -0.15) is 0 Å². The fourth-order valence-electron chi connectivity index (χ4n) is 1.86. The maximum atomic E-state index is 13.6. The van der Waals surface area contributed by atoms with Gasteiger partial charge in [-0.3, -0.25) is 0 Å². The Hall–Kier alpha value is -2.28. The highest BCUT2D eigenvalue weighted by Gasteiger charge is 2.27. The standard InChI is InChI=1S/C13H13F2N5/c14-8-3-4-9(15)10(5-8)17-11-6-12(20-16)19-13(18-11)7-1-2-7/h3-7H,1-2,16H2,(H2,17,18,19,20). The molecule has 1 aliphatic rings. The fraction of sp³-hybridized carbons (Fsp3) is 0.231. The first-order valence-corrected chi connectivity index (χ1v) is 6.23. The molecule has 20 heavy (non-hydrogen) atoms. The van der Waals surface area contributed by atoms with Crippen molar-refractivity contribution in [3.63, 3.8) is 0 Å². The van der Waals surface area contributed by atoms with Crippen LogP contribution < -0.4 is 16.6 Å². The quantitative estimate of drug-likeness (QED) is 0.591. The summed E-state index contributed by atoms with van der Waals surface area (Å²) >= 11 is 0. The third-order valence-corrected chi connectivity index (χ3v) is 3.02. The number of hydrogen-bond donors (Lipinski definition) is 3. The summed E-state index contributed by atoms with van der Waals surface area (Å²) in [4.78, 5) is 8.54. The average Bonchev–Trinajstić information content (AvgIpc) is 3.27. The lowest BCUT2D eigenvalue weighted by atomic mass is 10.3. The van der Waals surface area contributed by atoms with Crippen molar-refractivity contribution in [2.24, 2.45) is 5.84 Å². The SMILES string of the molecule is NNc1cc(Nc2cc(F)ccc2F)nc(C2CC2)n1. The number of hydrogen-bond acceptors (Lipinski definition) is 5. The van der Waals surface area contributed by atoms with Crippen LogP contribution in [0.4, 0.5) is 26.1 Å². The van der Waals surface area contributed by atoms with E-state index in [4.69, 9.17) is 5.84 Å². The van der Waals surface area contributed by atoms with Crippen LogP contribution in [0.3, 0.4) is 0 Å². The molecule has 1 saturated carbocycles. The monoisotopic (exact) mass is 277 g/mol. The smallest absolute Gasteiger partial charge is 0.146 e. The largest absolute Gasteiger partial charge is 0.338 e. The molecule has 0 atom stereocenters. The van der Waals surface area contributed by atoms with E-state index in [1.54, 1.807) is 0 Å². The first-order chi connectivity index (χ1) is 9.65. The highest BCUT2D eigenvalue weighted by Crippen LogP contribution is 2.39. The molecule has 0 unspecified atom stereocenters. The molecule has 1 fully saturated rings. The van der Waals surface area contributed by atoms with Crippen molar-refractivity contribution < 1.29 is 8.78 Å².